The molecule has 7 heteroatoms. The number of nitriles is 1. The van der Waals surface area contributed by atoms with E-state index in [9.17, 15) is 15.2 Å². The van der Waals surface area contributed by atoms with Crippen molar-refractivity contribution in [1.82, 2.24) is 10.3 Å². The summed E-state index contributed by atoms with van der Waals surface area (Å²) in [6, 6.07) is 9.49. The zero-order chi connectivity index (χ0) is 20.4. The number of aliphatic hydroxyl groups excluding tert-OH is 1. The van der Waals surface area contributed by atoms with Gasteiger partial charge in [-0.25, -0.2) is 0 Å². The minimum atomic E-state index is -0.616. The number of aromatic nitrogens is 1. The zero-order valence-electron chi connectivity index (χ0n) is 16.5. The number of rotatable bonds is 3. The van der Waals surface area contributed by atoms with Crippen LogP contribution in [0.2, 0.25) is 0 Å². The van der Waals surface area contributed by atoms with Crippen molar-refractivity contribution in [2.45, 2.75) is 57.0 Å². The van der Waals surface area contributed by atoms with Crippen molar-refractivity contribution in [2.24, 2.45) is 0 Å². The van der Waals surface area contributed by atoms with Crippen molar-refractivity contribution in [3.63, 3.8) is 0 Å². The molecule has 4 atom stereocenters. The zero-order valence-corrected chi connectivity index (χ0v) is 16.5. The molecule has 1 saturated heterocycles. The Labute approximate surface area is 170 Å². The number of carbonyl (C=O) groups excluding carboxylic acids is 1. The third-order valence-electron chi connectivity index (χ3n) is 5.82. The molecule has 1 aliphatic carbocycles. The quantitative estimate of drug-likeness (QED) is 0.827. The normalized spacial score (nSPS) is 27.4. The van der Waals surface area contributed by atoms with Crippen LogP contribution in [-0.2, 0) is 9.53 Å². The van der Waals surface area contributed by atoms with Gasteiger partial charge < -0.3 is 20.1 Å². The van der Waals surface area contributed by atoms with Crippen LogP contribution in [0.3, 0.4) is 0 Å². The Kier molecular flexibility index (Phi) is 5.65. The van der Waals surface area contributed by atoms with Crippen molar-refractivity contribution < 1.29 is 14.6 Å². The standard InChI is InChI=1S/C22H26N4O3/c1-14-12-26(18-9-8-15(11-23)21-16(18)5-4-10-24-21)13-20(29-14)22(28)25-17-6-2-3-7-19(17)27/h4-5,8-10,14,17,19-20,27H,2-3,6-7,12-13H2,1H3,(H,25,28)/t14-,17+,19+,20-/m1/s1. The van der Waals surface area contributed by atoms with Gasteiger partial charge in [-0.1, -0.05) is 12.8 Å². The van der Waals surface area contributed by atoms with Gasteiger partial charge >= 0.3 is 0 Å². The number of fused-ring (bicyclic) bond motifs is 1. The number of morpholine rings is 1. The second kappa shape index (κ2) is 8.36. The third-order valence-corrected chi connectivity index (χ3v) is 5.82. The van der Waals surface area contributed by atoms with Gasteiger partial charge in [0, 0.05) is 23.8 Å². The van der Waals surface area contributed by atoms with E-state index in [2.05, 4.69) is 21.3 Å². The molecule has 1 aromatic heterocycles. The number of benzene rings is 1. The molecule has 0 unspecified atom stereocenters. The Morgan fingerprint density at radius 3 is 2.93 bits per heavy atom. The fraction of sp³-hybridized carbons (Fsp3) is 0.500. The van der Waals surface area contributed by atoms with Crippen molar-refractivity contribution >= 4 is 22.5 Å². The highest BCUT2D eigenvalue weighted by molar-refractivity contribution is 5.95. The lowest BCUT2D eigenvalue weighted by molar-refractivity contribution is -0.139. The van der Waals surface area contributed by atoms with Gasteiger partial charge in [0.2, 0.25) is 0 Å². The van der Waals surface area contributed by atoms with Crippen molar-refractivity contribution in [2.75, 3.05) is 18.0 Å². The van der Waals surface area contributed by atoms with E-state index in [0.29, 0.717) is 24.2 Å². The van der Waals surface area contributed by atoms with Crippen molar-refractivity contribution in [3.05, 3.63) is 36.0 Å². The van der Waals surface area contributed by atoms with Crippen LogP contribution in [0.1, 0.15) is 38.2 Å². The van der Waals surface area contributed by atoms with Gasteiger partial charge in [0.15, 0.2) is 6.10 Å². The molecule has 7 nitrogen and oxygen atoms in total. The van der Waals surface area contributed by atoms with Crippen LogP contribution < -0.4 is 10.2 Å². The molecule has 0 radical (unpaired) electrons. The summed E-state index contributed by atoms with van der Waals surface area (Å²) in [4.78, 5) is 19.4. The smallest absolute Gasteiger partial charge is 0.251 e. The summed E-state index contributed by atoms with van der Waals surface area (Å²) in [7, 11) is 0. The lowest BCUT2D eigenvalue weighted by atomic mass is 9.92. The maximum Gasteiger partial charge on any atom is 0.251 e. The van der Waals surface area contributed by atoms with Gasteiger partial charge in [0.25, 0.3) is 5.91 Å². The lowest BCUT2D eigenvalue weighted by Crippen LogP contribution is -2.56. The molecule has 1 aliphatic heterocycles. The van der Waals surface area contributed by atoms with Crippen LogP contribution in [0, 0.1) is 11.3 Å². The summed E-state index contributed by atoms with van der Waals surface area (Å²) in [6.45, 7) is 3.01. The van der Waals surface area contributed by atoms with Crippen LogP contribution in [0.5, 0.6) is 0 Å². The second-order valence-corrected chi connectivity index (χ2v) is 7.95. The molecular weight excluding hydrogens is 368 g/mol. The Balaban J connectivity index is 1.56. The van der Waals surface area contributed by atoms with E-state index in [0.717, 1.165) is 36.8 Å². The maximum absolute atomic E-state index is 12.9. The highest BCUT2D eigenvalue weighted by atomic mass is 16.5. The molecule has 0 bridgehead atoms. The molecule has 152 valence electrons. The predicted molar refractivity (Wildman–Crippen MR) is 109 cm³/mol. The highest BCUT2D eigenvalue weighted by Crippen LogP contribution is 2.30. The van der Waals surface area contributed by atoms with E-state index in [4.69, 9.17) is 4.74 Å². The Morgan fingerprint density at radius 1 is 1.31 bits per heavy atom. The number of ether oxygens (including phenoxy) is 1. The van der Waals surface area contributed by atoms with Gasteiger partial charge in [-0.2, -0.15) is 5.26 Å². The summed E-state index contributed by atoms with van der Waals surface area (Å²) in [6.07, 6.45) is 3.99. The number of amides is 1. The van der Waals surface area contributed by atoms with E-state index < -0.39 is 12.2 Å². The average Bonchev–Trinajstić information content (AvgIpc) is 2.74. The SMILES string of the molecule is C[C@@H]1CN(c2ccc(C#N)c3ncccc23)C[C@H](C(=O)N[C@H]2CCCC[C@@H]2O)O1. The fourth-order valence-corrected chi connectivity index (χ4v) is 4.37. The van der Waals surface area contributed by atoms with Crippen molar-refractivity contribution in [3.8, 4) is 6.07 Å². The molecule has 29 heavy (non-hydrogen) atoms. The summed E-state index contributed by atoms with van der Waals surface area (Å²) in [5.41, 5.74) is 2.14. The van der Waals surface area contributed by atoms with Gasteiger partial charge in [0.1, 0.15) is 6.07 Å². The molecule has 1 saturated carbocycles. The van der Waals surface area contributed by atoms with E-state index in [1.807, 2.05) is 25.1 Å². The number of hydrogen-bond donors (Lipinski definition) is 2. The predicted octanol–water partition coefficient (Wildman–Crippen LogP) is 2.12. The summed E-state index contributed by atoms with van der Waals surface area (Å²) in [5, 5.41) is 23.4. The van der Waals surface area contributed by atoms with Gasteiger partial charge in [0.05, 0.1) is 35.9 Å². The number of pyridine rings is 1. The fourth-order valence-electron chi connectivity index (χ4n) is 4.37. The van der Waals surface area contributed by atoms with E-state index >= 15 is 0 Å². The Hall–Kier alpha value is -2.69. The topological polar surface area (TPSA) is 98.5 Å². The molecule has 2 N–H and O–H groups in total. The first-order chi connectivity index (χ1) is 14.1. The van der Waals surface area contributed by atoms with Crippen molar-refractivity contribution in [1.29, 1.82) is 5.26 Å². The van der Waals surface area contributed by atoms with E-state index in [1.165, 1.54) is 0 Å². The average molecular weight is 394 g/mol. The van der Waals surface area contributed by atoms with Gasteiger partial charge in [-0.05, 0) is 44.0 Å². The molecule has 2 fully saturated rings. The first-order valence-corrected chi connectivity index (χ1v) is 10.2. The molecule has 2 aliphatic rings. The summed E-state index contributed by atoms with van der Waals surface area (Å²) < 4.78 is 5.93. The number of anilines is 1. The largest absolute Gasteiger partial charge is 0.391 e. The minimum Gasteiger partial charge on any atom is -0.391 e. The van der Waals surface area contributed by atoms with Crippen LogP contribution in [-0.4, -0.2) is 53.4 Å². The molecule has 2 heterocycles. The van der Waals surface area contributed by atoms with Gasteiger partial charge in [-0.15, -0.1) is 0 Å². The van der Waals surface area contributed by atoms with Crippen LogP contribution >= 0.6 is 0 Å². The number of nitrogens with one attached hydrogen (secondary N) is 1. The Morgan fingerprint density at radius 2 is 2.14 bits per heavy atom. The molecule has 4 rings (SSSR count). The first kappa shape index (κ1) is 19.6. The molecule has 2 aromatic rings. The molecule has 1 aromatic carbocycles. The number of aliphatic hydroxyl groups is 1. The van der Waals surface area contributed by atoms with Crippen LogP contribution in [0.25, 0.3) is 10.9 Å². The summed E-state index contributed by atoms with van der Waals surface area (Å²) >= 11 is 0. The number of carbonyl (C=O) groups is 1. The Bertz CT molecular complexity index is 941. The van der Waals surface area contributed by atoms with Crippen LogP contribution in [0.4, 0.5) is 5.69 Å². The molecule has 1 amide bonds. The molecule has 0 spiro atoms. The first-order valence-electron chi connectivity index (χ1n) is 10.2. The molecular formula is C22H26N4O3. The maximum atomic E-state index is 12.9. The van der Waals surface area contributed by atoms with Gasteiger partial charge in [-0.3, -0.25) is 9.78 Å². The lowest BCUT2D eigenvalue weighted by Gasteiger charge is -2.39. The second-order valence-electron chi connectivity index (χ2n) is 7.95. The van der Waals surface area contributed by atoms with Crippen LogP contribution in [0.15, 0.2) is 30.5 Å². The van der Waals surface area contributed by atoms with E-state index in [1.54, 1.807) is 12.3 Å². The number of nitrogens with zero attached hydrogens (tertiary/aromatic N) is 3. The van der Waals surface area contributed by atoms with E-state index in [-0.39, 0.29) is 18.1 Å². The summed E-state index contributed by atoms with van der Waals surface area (Å²) in [5.74, 6) is -0.177. The number of hydrogen-bond acceptors (Lipinski definition) is 6. The highest BCUT2D eigenvalue weighted by Gasteiger charge is 2.34. The third kappa shape index (κ3) is 4.04. The minimum absolute atomic E-state index is 0.127. The monoisotopic (exact) mass is 394 g/mol.